The Morgan fingerprint density at radius 1 is 0.578 bits per heavy atom. The van der Waals surface area contributed by atoms with Crippen LogP contribution in [0.1, 0.15) is 207 Å². The number of carbonyl (C=O) groups excluding carboxylic acids is 1. The average Bonchev–Trinajstić information content (AvgIpc) is 3.04. The second kappa shape index (κ2) is 36.2. The highest BCUT2D eigenvalue weighted by molar-refractivity contribution is 5.69. The number of aliphatic hydroxyl groups is 1. The molecule has 0 aliphatic carbocycles. The van der Waals surface area contributed by atoms with Gasteiger partial charge in [0.15, 0.2) is 0 Å². The van der Waals surface area contributed by atoms with Crippen LogP contribution in [0.3, 0.4) is 0 Å². The zero-order valence-corrected chi connectivity index (χ0v) is 31.1. The van der Waals surface area contributed by atoms with Crippen molar-refractivity contribution in [3.63, 3.8) is 0 Å². The van der Waals surface area contributed by atoms with Crippen molar-refractivity contribution in [3.05, 3.63) is 0 Å². The van der Waals surface area contributed by atoms with Gasteiger partial charge in [0.25, 0.3) is 0 Å². The minimum Gasteiger partial charge on any atom is -0.462 e. The standard InChI is InChI=1S/C40H81NO4/c1-5-8-11-14-16-18-19-20-22-24-27-30-34-41(4)38(36-42)37-44-35-33-39(31-28-25-13-10-7-3)45-40(43)32-29-26-23-21-17-15-12-9-6-2/h38-39,42H,5-37H2,1-4H3/t38-,39+/m0/s1. The van der Waals surface area contributed by atoms with Crippen LogP contribution in [0.25, 0.3) is 0 Å². The summed E-state index contributed by atoms with van der Waals surface area (Å²) in [5.41, 5.74) is 0. The number of carbonyl (C=O) groups is 1. The Balaban J connectivity index is 4.16. The molecular formula is C40H81NO4. The number of nitrogens with zero attached hydrogens (tertiary/aromatic N) is 1. The molecular weight excluding hydrogens is 558 g/mol. The molecule has 0 aromatic carbocycles. The Kier molecular flexibility index (Phi) is 35.7. The third kappa shape index (κ3) is 31.7. The maximum absolute atomic E-state index is 12.6. The van der Waals surface area contributed by atoms with Crippen LogP contribution in [0.15, 0.2) is 0 Å². The summed E-state index contributed by atoms with van der Waals surface area (Å²) in [5, 5.41) is 10.00. The maximum Gasteiger partial charge on any atom is 0.306 e. The minimum atomic E-state index is -0.0518. The van der Waals surface area contributed by atoms with Gasteiger partial charge in [-0.15, -0.1) is 0 Å². The van der Waals surface area contributed by atoms with E-state index < -0.39 is 0 Å². The van der Waals surface area contributed by atoms with Crippen molar-refractivity contribution >= 4 is 5.97 Å². The van der Waals surface area contributed by atoms with Crippen molar-refractivity contribution < 1.29 is 19.4 Å². The van der Waals surface area contributed by atoms with Gasteiger partial charge in [-0.25, -0.2) is 0 Å². The summed E-state index contributed by atoms with van der Waals surface area (Å²) in [7, 11) is 2.11. The number of esters is 1. The molecule has 0 saturated carbocycles. The number of hydrogen-bond donors (Lipinski definition) is 1. The Labute approximate surface area is 282 Å². The Morgan fingerprint density at radius 3 is 1.47 bits per heavy atom. The average molecular weight is 640 g/mol. The molecule has 0 bridgehead atoms. The molecule has 5 heteroatoms. The molecule has 0 unspecified atom stereocenters. The van der Waals surface area contributed by atoms with E-state index in [4.69, 9.17) is 9.47 Å². The summed E-state index contributed by atoms with van der Waals surface area (Å²) < 4.78 is 12.0. The van der Waals surface area contributed by atoms with Gasteiger partial charge in [0.1, 0.15) is 6.10 Å². The van der Waals surface area contributed by atoms with Crippen molar-refractivity contribution in [3.8, 4) is 0 Å². The Morgan fingerprint density at radius 2 is 1.00 bits per heavy atom. The zero-order valence-electron chi connectivity index (χ0n) is 31.1. The first-order valence-electron chi connectivity index (χ1n) is 20.2. The molecule has 0 rings (SSSR count). The van der Waals surface area contributed by atoms with Crippen molar-refractivity contribution in [2.45, 2.75) is 219 Å². The summed E-state index contributed by atoms with van der Waals surface area (Å²) >= 11 is 0. The highest BCUT2D eigenvalue weighted by atomic mass is 16.5. The van der Waals surface area contributed by atoms with Gasteiger partial charge in [-0.2, -0.15) is 0 Å². The lowest BCUT2D eigenvalue weighted by atomic mass is 10.1. The number of rotatable bonds is 37. The molecule has 270 valence electrons. The number of likely N-dealkylation sites (N-methyl/N-ethyl adjacent to an activating group) is 1. The van der Waals surface area contributed by atoms with E-state index in [1.807, 2.05) is 0 Å². The molecule has 1 N–H and O–H groups in total. The largest absolute Gasteiger partial charge is 0.462 e. The first-order valence-corrected chi connectivity index (χ1v) is 20.2. The van der Waals surface area contributed by atoms with E-state index in [1.54, 1.807) is 0 Å². The predicted molar refractivity (Wildman–Crippen MR) is 195 cm³/mol. The highest BCUT2D eigenvalue weighted by Gasteiger charge is 2.17. The summed E-state index contributed by atoms with van der Waals surface area (Å²) in [6.45, 7) is 9.01. The van der Waals surface area contributed by atoms with Crippen LogP contribution in [0, 0.1) is 0 Å². The summed E-state index contributed by atoms with van der Waals surface area (Å²) in [5.74, 6) is -0.0353. The lowest BCUT2D eigenvalue weighted by Crippen LogP contribution is -2.39. The van der Waals surface area contributed by atoms with Crippen molar-refractivity contribution in [2.75, 3.05) is 33.4 Å². The zero-order chi connectivity index (χ0) is 33.1. The topological polar surface area (TPSA) is 59.0 Å². The van der Waals surface area contributed by atoms with E-state index in [0.29, 0.717) is 19.6 Å². The molecule has 0 spiro atoms. The molecule has 5 nitrogen and oxygen atoms in total. The van der Waals surface area contributed by atoms with Crippen molar-refractivity contribution in [2.24, 2.45) is 0 Å². The fraction of sp³-hybridized carbons (Fsp3) is 0.975. The minimum absolute atomic E-state index is 0.0272. The molecule has 0 aromatic heterocycles. The molecule has 0 amide bonds. The van der Waals surface area contributed by atoms with Crippen LogP contribution in [0.2, 0.25) is 0 Å². The fourth-order valence-corrected chi connectivity index (χ4v) is 6.20. The van der Waals surface area contributed by atoms with Gasteiger partial charge in [0.05, 0.1) is 25.9 Å². The molecule has 0 saturated heterocycles. The molecule has 45 heavy (non-hydrogen) atoms. The smallest absolute Gasteiger partial charge is 0.306 e. The Bertz CT molecular complexity index is 587. The normalized spacial score (nSPS) is 13.0. The predicted octanol–water partition coefficient (Wildman–Crippen LogP) is 11.6. The summed E-state index contributed by atoms with van der Waals surface area (Å²) in [4.78, 5) is 14.9. The van der Waals surface area contributed by atoms with Crippen LogP contribution in [0.5, 0.6) is 0 Å². The molecule has 2 atom stereocenters. The van der Waals surface area contributed by atoms with E-state index >= 15 is 0 Å². The number of hydrogen-bond acceptors (Lipinski definition) is 5. The van der Waals surface area contributed by atoms with Gasteiger partial charge < -0.3 is 14.6 Å². The van der Waals surface area contributed by atoms with Gasteiger partial charge >= 0.3 is 5.97 Å². The molecule has 0 radical (unpaired) electrons. The fourth-order valence-electron chi connectivity index (χ4n) is 6.20. The van der Waals surface area contributed by atoms with Crippen LogP contribution in [-0.2, 0) is 14.3 Å². The first kappa shape index (κ1) is 44.4. The van der Waals surface area contributed by atoms with Gasteiger partial charge in [-0.05, 0) is 39.3 Å². The Hall–Kier alpha value is -0.650. The molecule has 0 heterocycles. The number of aliphatic hydroxyl groups excluding tert-OH is 1. The second-order valence-corrected chi connectivity index (χ2v) is 14.0. The quantitative estimate of drug-likeness (QED) is 0.0541. The molecule has 0 aliphatic rings. The van der Waals surface area contributed by atoms with Gasteiger partial charge in [0.2, 0.25) is 0 Å². The van der Waals surface area contributed by atoms with Crippen molar-refractivity contribution in [1.29, 1.82) is 0 Å². The third-order valence-corrected chi connectivity index (χ3v) is 9.51. The van der Waals surface area contributed by atoms with Crippen LogP contribution < -0.4 is 0 Å². The number of unbranched alkanes of at least 4 members (excludes halogenated alkanes) is 23. The SMILES string of the molecule is CCCCCCCCCCCCCCN(C)[C@@H](CO)COCC[C@@H](CCCCCCC)OC(=O)CCCCCCCCCCC. The van der Waals surface area contributed by atoms with E-state index in [2.05, 4.69) is 32.7 Å². The second-order valence-electron chi connectivity index (χ2n) is 14.0. The molecule has 0 aliphatic heterocycles. The molecule has 0 fully saturated rings. The van der Waals surface area contributed by atoms with Gasteiger partial charge in [0, 0.05) is 12.8 Å². The van der Waals surface area contributed by atoms with Crippen LogP contribution in [0.4, 0.5) is 0 Å². The van der Waals surface area contributed by atoms with Crippen molar-refractivity contribution in [1.82, 2.24) is 4.90 Å². The van der Waals surface area contributed by atoms with Crippen LogP contribution in [-0.4, -0.2) is 61.5 Å². The van der Waals surface area contributed by atoms with Gasteiger partial charge in [-0.3, -0.25) is 9.69 Å². The lowest BCUT2D eigenvalue weighted by Gasteiger charge is -2.26. The summed E-state index contributed by atoms with van der Waals surface area (Å²) in [6.07, 6.45) is 35.8. The maximum atomic E-state index is 12.6. The van der Waals surface area contributed by atoms with E-state index in [0.717, 1.165) is 38.6 Å². The third-order valence-electron chi connectivity index (χ3n) is 9.51. The van der Waals surface area contributed by atoms with Crippen LogP contribution >= 0.6 is 0 Å². The van der Waals surface area contributed by atoms with E-state index in [1.165, 1.54) is 148 Å². The number of ether oxygens (including phenoxy) is 2. The lowest BCUT2D eigenvalue weighted by molar-refractivity contribution is -0.150. The van der Waals surface area contributed by atoms with E-state index in [9.17, 15) is 9.90 Å². The summed E-state index contributed by atoms with van der Waals surface area (Å²) in [6, 6.07) is 0.0272. The molecule has 0 aromatic rings. The van der Waals surface area contributed by atoms with E-state index in [-0.39, 0.29) is 24.7 Å². The first-order chi connectivity index (χ1) is 22.1. The van der Waals surface area contributed by atoms with Gasteiger partial charge in [-0.1, -0.05) is 168 Å². The monoisotopic (exact) mass is 640 g/mol. The highest BCUT2D eigenvalue weighted by Crippen LogP contribution is 2.16.